The number of allylic oxidation sites excluding steroid dienone is 1. The van der Waals surface area contributed by atoms with E-state index in [2.05, 4.69) is 21.7 Å². The fourth-order valence-corrected chi connectivity index (χ4v) is 5.25. The summed E-state index contributed by atoms with van der Waals surface area (Å²) >= 11 is 1.45. The van der Waals surface area contributed by atoms with Crippen LogP contribution in [-0.4, -0.2) is 43.9 Å². The molecule has 2 unspecified atom stereocenters. The summed E-state index contributed by atoms with van der Waals surface area (Å²) in [6.07, 6.45) is 10.8. The molecule has 0 bridgehead atoms. The monoisotopic (exact) mass is 386 g/mol. The summed E-state index contributed by atoms with van der Waals surface area (Å²) < 4.78 is 7.41. The molecule has 0 aromatic carbocycles. The van der Waals surface area contributed by atoms with Gasteiger partial charge in [-0.05, 0) is 43.7 Å². The molecule has 1 amide bonds. The standard InChI is InChI=1S/C20H26N4O2S/c1-2-11-24-19(17-10-6-13-26-17)21-22-20(24)27-14-18(25)23-12-5-8-15-7-3-4-9-16(15)23/h2,6,10,13,15-16H,1,3-5,7-9,11-12,14H2. The summed E-state index contributed by atoms with van der Waals surface area (Å²) in [6.45, 7) is 5.30. The molecular formula is C20H26N4O2S. The van der Waals surface area contributed by atoms with E-state index < -0.39 is 0 Å². The molecule has 1 aliphatic carbocycles. The first-order chi connectivity index (χ1) is 13.3. The number of furan rings is 1. The van der Waals surface area contributed by atoms with E-state index >= 15 is 0 Å². The summed E-state index contributed by atoms with van der Waals surface area (Å²) in [7, 11) is 0. The van der Waals surface area contributed by atoms with Crippen molar-refractivity contribution >= 4 is 17.7 Å². The number of carbonyl (C=O) groups excluding carboxylic acids is 1. The summed E-state index contributed by atoms with van der Waals surface area (Å²) in [5.41, 5.74) is 0. The van der Waals surface area contributed by atoms with E-state index in [1.165, 1.54) is 37.4 Å². The van der Waals surface area contributed by atoms with E-state index in [1.54, 1.807) is 12.3 Å². The summed E-state index contributed by atoms with van der Waals surface area (Å²) in [4.78, 5) is 15.1. The predicted molar refractivity (Wildman–Crippen MR) is 105 cm³/mol. The minimum Gasteiger partial charge on any atom is -0.461 e. The maximum Gasteiger partial charge on any atom is 0.233 e. The van der Waals surface area contributed by atoms with E-state index in [9.17, 15) is 4.79 Å². The molecule has 27 heavy (non-hydrogen) atoms. The average molecular weight is 387 g/mol. The number of hydrogen-bond acceptors (Lipinski definition) is 5. The first kappa shape index (κ1) is 18.3. The normalized spacial score (nSPS) is 22.4. The number of likely N-dealkylation sites (tertiary alicyclic amines) is 1. The van der Waals surface area contributed by atoms with Crippen LogP contribution in [0, 0.1) is 5.92 Å². The topological polar surface area (TPSA) is 64.2 Å². The Balaban J connectivity index is 1.45. The zero-order chi connectivity index (χ0) is 18.6. The molecule has 1 aliphatic heterocycles. The zero-order valence-electron chi connectivity index (χ0n) is 15.5. The third kappa shape index (κ3) is 3.83. The van der Waals surface area contributed by atoms with E-state index in [0.29, 0.717) is 35.8 Å². The van der Waals surface area contributed by atoms with Crippen molar-refractivity contribution < 1.29 is 9.21 Å². The first-order valence-corrected chi connectivity index (χ1v) is 10.8. The number of nitrogens with zero attached hydrogens (tertiary/aromatic N) is 4. The predicted octanol–water partition coefficient (Wildman–Crippen LogP) is 4.00. The lowest BCUT2D eigenvalue weighted by atomic mass is 9.78. The van der Waals surface area contributed by atoms with Gasteiger partial charge in [-0.1, -0.05) is 30.7 Å². The quantitative estimate of drug-likeness (QED) is 0.555. The van der Waals surface area contributed by atoms with Gasteiger partial charge in [0.25, 0.3) is 0 Å². The van der Waals surface area contributed by atoms with Crippen molar-refractivity contribution in [2.24, 2.45) is 5.92 Å². The van der Waals surface area contributed by atoms with Crippen LogP contribution >= 0.6 is 11.8 Å². The second kappa shape index (κ2) is 8.33. The summed E-state index contributed by atoms with van der Waals surface area (Å²) in [6, 6.07) is 4.14. The fourth-order valence-electron chi connectivity index (χ4n) is 4.42. The molecule has 7 heteroatoms. The van der Waals surface area contributed by atoms with Crippen LogP contribution in [0.5, 0.6) is 0 Å². The first-order valence-electron chi connectivity index (χ1n) is 9.78. The SMILES string of the molecule is C=CCn1c(SCC(=O)N2CCCC3CCCCC32)nnc1-c1ccco1. The number of hydrogen-bond donors (Lipinski definition) is 0. The van der Waals surface area contributed by atoms with Crippen molar-refractivity contribution in [3.63, 3.8) is 0 Å². The lowest BCUT2D eigenvalue weighted by molar-refractivity contribution is -0.134. The van der Waals surface area contributed by atoms with Gasteiger partial charge in [-0.3, -0.25) is 9.36 Å². The van der Waals surface area contributed by atoms with Crippen molar-refractivity contribution in [3.8, 4) is 11.6 Å². The minimum absolute atomic E-state index is 0.226. The molecule has 0 spiro atoms. The van der Waals surface area contributed by atoms with Crippen LogP contribution < -0.4 is 0 Å². The van der Waals surface area contributed by atoms with E-state index in [-0.39, 0.29) is 5.91 Å². The maximum atomic E-state index is 12.9. The highest BCUT2D eigenvalue weighted by molar-refractivity contribution is 7.99. The molecule has 1 saturated heterocycles. The molecule has 2 aromatic heterocycles. The summed E-state index contributed by atoms with van der Waals surface area (Å²) in [5.74, 6) is 2.67. The zero-order valence-corrected chi connectivity index (χ0v) is 16.4. The third-order valence-electron chi connectivity index (χ3n) is 5.66. The van der Waals surface area contributed by atoms with Gasteiger partial charge in [0, 0.05) is 19.1 Å². The number of aromatic nitrogens is 3. The van der Waals surface area contributed by atoms with Crippen molar-refractivity contribution in [3.05, 3.63) is 31.1 Å². The second-order valence-electron chi connectivity index (χ2n) is 7.31. The molecule has 2 atom stereocenters. The Bertz CT molecular complexity index is 784. The van der Waals surface area contributed by atoms with Crippen LogP contribution in [0.2, 0.25) is 0 Å². The molecule has 144 valence electrons. The Morgan fingerprint density at radius 2 is 2.15 bits per heavy atom. The second-order valence-corrected chi connectivity index (χ2v) is 8.26. The minimum atomic E-state index is 0.226. The number of piperidine rings is 1. The molecule has 4 rings (SSSR count). The van der Waals surface area contributed by atoms with Crippen molar-refractivity contribution in [1.29, 1.82) is 0 Å². The number of thioether (sulfide) groups is 1. The Hall–Kier alpha value is -2.02. The number of amides is 1. The van der Waals surface area contributed by atoms with Gasteiger partial charge in [0.05, 0.1) is 12.0 Å². The lowest BCUT2D eigenvalue weighted by Crippen LogP contribution is -2.50. The lowest BCUT2D eigenvalue weighted by Gasteiger charge is -2.44. The van der Waals surface area contributed by atoms with Gasteiger partial charge in [0.15, 0.2) is 10.9 Å². The van der Waals surface area contributed by atoms with Gasteiger partial charge in [-0.25, -0.2) is 0 Å². The molecular weight excluding hydrogens is 360 g/mol. The van der Waals surface area contributed by atoms with Crippen LogP contribution in [0.25, 0.3) is 11.6 Å². The van der Waals surface area contributed by atoms with Gasteiger partial charge in [-0.15, -0.1) is 16.8 Å². The molecule has 2 aliphatic rings. The summed E-state index contributed by atoms with van der Waals surface area (Å²) in [5, 5.41) is 9.27. The van der Waals surface area contributed by atoms with Gasteiger partial charge in [0.2, 0.25) is 11.7 Å². The molecule has 0 radical (unpaired) electrons. The molecule has 3 heterocycles. The Morgan fingerprint density at radius 3 is 2.96 bits per heavy atom. The fraction of sp³-hybridized carbons (Fsp3) is 0.550. The number of rotatable bonds is 6. The van der Waals surface area contributed by atoms with E-state index in [0.717, 1.165) is 24.5 Å². The van der Waals surface area contributed by atoms with Crippen molar-refractivity contribution in [2.45, 2.75) is 56.3 Å². The third-order valence-corrected chi connectivity index (χ3v) is 6.61. The average Bonchev–Trinajstić information content (AvgIpc) is 3.36. The Labute approximate surface area is 164 Å². The van der Waals surface area contributed by atoms with Crippen LogP contribution in [0.4, 0.5) is 0 Å². The molecule has 6 nitrogen and oxygen atoms in total. The Morgan fingerprint density at radius 1 is 1.30 bits per heavy atom. The molecule has 1 saturated carbocycles. The highest BCUT2D eigenvalue weighted by Gasteiger charge is 2.35. The Kier molecular flexibility index (Phi) is 5.66. The van der Waals surface area contributed by atoms with E-state index in [1.807, 2.05) is 16.7 Å². The van der Waals surface area contributed by atoms with Crippen LogP contribution in [0.15, 0.2) is 40.6 Å². The number of carbonyl (C=O) groups is 1. The van der Waals surface area contributed by atoms with Gasteiger partial charge in [0.1, 0.15) is 0 Å². The van der Waals surface area contributed by atoms with E-state index in [4.69, 9.17) is 4.42 Å². The van der Waals surface area contributed by atoms with Crippen molar-refractivity contribution in [1.82, 2.24) is 19.7 Å². The van der Waals surface area contributed by atoms with Crippen molar-refractivity contribution in [2.75, 3.05) is 12.3 Å². The van der Waals surface area contributed by atoms with Gasteiger partial charge >= 0.3 is 0 Å². The van der Waals surface area contributed by atoms with Crippen LogP contribution in [0.3, 0.4) is 0 Å². The highest BCUT2D eigenvalue weighted by atomic mass is 32.2. The van der Waals surface area contributed by atoms with Crippen LogP contribution in [-0.2, 0) is 11.3 Å². The maximum absolute atomic E-state index is 12.9. The smallest absolute Gasteiger partial charge is 0.233 e. The highest BCUT2D eigenvalue weighted by Crippen LogP contribution is 2.35. The molecule has 2 fully saturated rings. The van der Waals surface area contributed by atoms with Gasteiger partial charge < -0.3 is 9.32 Å². The largest absolute Gasteiger partial charge is 0.461 e. The number of fused-ring (bicyclic) bond motifs is 1. The molecule has 0 N–H and O–H groups in total. The van der Waals surface area contributed by atoms with Crippen LogP contribution in [0.1, 0.15) is 38.5 Å². The molecule has 2 aromatic rings. The van der Waals surface area contributed by atoms with Gasteiger partial charge in [-0.2, -0.15) is 0 Å².